The highest BCUT2D eigenvalue weighted by molar-refractivity contribution is 5.79. The van der Waals surface area contributed by atoms with Crippen molar-refractivity contribution >= 4 is 5.96 Å². The van der Waals surface area contributed by atoms with Gasteiger partial charge in [0.15, 0.2) is 5.96 Å². The molecule has 0 radical (unpaired) electrons. The van der Waals surface area contributed by atoms with E-state index in [0.29, 0.717) is 6.54 Å². The van der Waals surface area contributed by atoms with E-state index in [0.717, 1.165) is 36.8 Å². The van der Waals surface area contributed by atoms with Gasteiger partial charge in [-0.15, -0.1) is 0 Å². The molecule has 0 aromatic heterocycles. The predicted octanol–water partition coefficient (Wildman–Crippen LogP) is 2.70. The first kappa shape index (κ1) is 17.7. The zero-order chi connectivity index (χ0) is 17.2. The van der Waals surface area contributed by atoms with Crippen LogP contribution in [0.2, 0.25) is 0 Å². The summed E-state index contributed by atoms with van der Waals surface area (Å²) in [7, 11) is 1.67. The van der Waals surface area contributed by atoms with E-state index >= 15 is 0 Å². The molecular weight excluding hydrogens is 302 g/mol. The summed E-state index contributed by atoms with van der Waals surface area (Å²) < 4.78 is 5.16. The molecule has 5 nitrogen and oxygen atoms in total. The molecule has 3 N–H and O–H groups in total. The molecule has 0 unspecified atom stereocenters. The molecule has 0 aliphatic heterocycles. The van der Waals surface area contributed by atoms with Crippen LogP contribution in [0.25, 0.3) is 0 Å². The third-order valence-electron chi connectivity index (χ3n) is 3.57. The molecule has 24 heavy (non-hydrogen) atoms. The molecule has 0 spiro atoms. The number of aromatic hydroxyl groups is 1. The zero-order valence-electron chi connectivity index (χ0n) is 14.2. The van der Waals surface area contributed by atoms with Gasteiger partial charge < -0.3 is 20.5 Å². The number of rotatable bonds is 7. The van der Waals surface area contributed by atoms with Gasteiger partial charge >= 0.3 is 0 Å². The SMILES string of the molecule is CCNC(=NCc1ccc(O)cc1)NCCc1ccc(OC)cc1. The molecule has 0 aliphatic carbocycles. The maximum Gasteiger partial charge on any atom is 0.191 e. The van der Waals surface area contributed by atoms with Gasteiger partial charge in [0.1, 0.15) is 11.5 Å². The molecule has 2 rings (SSSR count). The Kier molecular flexibility index (Phi) is 6.95. The number of ether oxygens (including phenoxy) is 1. The van der Waals surface area contributed by atoms with Crippen molar-refractivity contribution in [3.05, 3.63) is 59.7 Å². The first-order valence-corrected chi connectivity index (χ1v) is 8.14. The summed E-state index contributed by atoms with van der Waals surface area (Å²) in [6.07, 6.45) is 0.910. The second-order valence-electron chi connectivity index (χ2n) is 5.39. The molecule has 0 fully saturated rings. The number of hydrogen-bond acceptors (Lipinski definition) is 3. The van der Waals surface area contributed by atoms with Crippen LogP contribution in [0.4, 0.5) is 0 Å². The van der Waals surface area contributed by atoms with Crippen molar-refractivity contribution in [1.29, 1.82) is 0 Å². The Morgan fingerprint density at radius 2 is 1.67 bits per heavy atom. The fourth-order valence-electron chi connectivity index (χ4n) is 2.23. The van der Waals surface area contributed by atoms with Gasteiger partial charge in [0.05, 0.1) is 13.7 Å². The number of hydrogen-bond donors (Lipinski definition) is 3. The highest BCUT2D eigenvalue weighted by Crippen LogP contribution is 2.11. The van der Waals surface area contributed by atoms with E-state index < -0.39 is 0 Å². The van der Waals surface area contributed by atoms with Crippen LogP contribution in [-0.4, -0.2) is 31.3 Å². The lowest BCUT2D eigenvalue weighted by Crippen LogP contribution is -2.38. The van der Waals surface area contributed by atoms with Crippen molar-refractivity contribution in [2.24, 2.45) is 4.99 Å². The van der Waals surface area contributed by atoms with Crippen LogP contribution in [-0.2, 0) is 13.0 Å². The summed E-state index contributed by atoms with van der Waals surface area (Å²) in [4.78, 5) is 4.56. The Balaban J connectivity index is 1.85. The lowest BCUT2D eigenvalue weighted by Gasteiger charge is -2.11. The number of benzene rings is 2. The maximum atomic E-state index is 9.31. The lowest BCUT2D eigenvalue weighted by atomic mass is 10.1. The van der Waals surface area contributed by atoms with Crippen LogP contribution in [0.3, 0.4) is 0 Å². The minimum absolute atomic E-state index is 0.271. The van der Waals surface area contributed by atoms with E-state index in [2.05, 4.69) is 27.8 Å². The molecular formula is C19H25N3O2. The van der Waals surface area contributed by atoms with Gasteiger partial charge in [-0.3, -0.25) is 0 Å². The molecule has 0 bridgehead atoms. The average molecular weight is 327 g/mol. The standard InChI is InChI=1S/C19H25N3O2/c1-3-20-19(22-14-16-4-8-17(23)9-5-16)21-13-12-15-6-10-18(24-2)11-7-15/h4-11,23H,3,12-14H2,1-2H3,(H2,20,21,22). The van der Waals surface area contributed by atoms with Gasteiger partial charge in [0.25, 0.3) is 0 Å². The summed E-state index contributed by atoms with van der Waals surface area (Å²) in [6.45, 7) is 4.22. The van der Waals surface area contributed by atoms with Crippen molar-refractivity contribution < 1.29 is 9.84 Å². The predicted molar refractivity (Wildman–Crippen MR) is 97.6 cm³/mol. The van der Waals surface area contributed by atoms with E-state index in [4.69, 9.17) is 4.74 Å². The normalized spacial score (nSPS) is 11.2. The average Bonchev–Trinajstić information content (AvgIpc) is 2.61. The third kappa shape index (κ3) is 5.83. The summed E-state index contributed by atoms with van der Waals surface area (Å²) in [5.74, 6) is 1.93. The fraction of sp³-hybridized carbons (Fsp3) is 0.316. The van der Waals surface area contributed by atoms with E-state index in [1.807, 2.05) is 31.2 Å². The van der Waals surface area contributed by atoms with Crippen LogP contribution >= 0.6 is 0 Å². The number of guanidine groups is 1. The van der Waals surface area contributed by atoms with Crippen LogP contribution in [0.1, 0.15) is 18.1 Å². The minimum Gasteiger partial charge on any atom is -0.508 e. The third-order valence-corrected chi connectivity index (χ3v) is 3.57. The van der Waals surface area contributed by atoms with Crippen molar-refractivity contribution in [3.63, 3.8) is 0 Å². The Morgan fingerprint density at radius 1 is 1.00 bits per heavy atom. The van der Waals surface area contributed by atoms with Crippen LogP contribution < -0.4 is 15.4 Å². The molecule has 128 valence electrons. The number of nitrogens with zero attached hydrogens (tertiary/aromatic N) is 1. The van der Waals surface area contributed by atoms with Gasteiger partial charge in [-0.2, -0.15) is 0 Å². The van der Waals surface area contributed by atoms with E-state index in [1.165, 1.54) is 5.56 Å². The molecule has 0 saturated carbocycles. The molecule has 0 aliphatic rings. The first-order valence-electron chi connectivity index (χ1n) is 8.14. The maximum absolute atomic E-state index is 9.31. The quantitative estimate of drug-likeness (QED) is 0.540. The number of nitrogens with one attached hydrogen (secondary N) is 2. The molecule has 5 heteroatoms. The Bertz CT molecular complexity index is 637. The van der Waals surface area contributed by atoms with Crippen molar-refractivity contribution in [3.8, 4) is 11.5 Å². The second-order valence-corrected chi connectivity index (χ2v) is 5.39. The Labute approximate surface area is 143 Å². The van der Waals surface area contributed by atoms with Crippen LogP contribution in [0, 0.1) is 0 Å². The van der Waals surface area contributed by atoms with Crippen LogP contribution in [0.5, 0.6) is 11.5 Å². The second kappa shape index (κ2) is 9.45. The summed E-state index contributed by atoms with van der Waals surface area (Å²) in [5.41, 5.74) is 2.30. The summed E-state index contributed by atoms with van der Waals surface area (Å²) >= 11 is 0. The summed E-state index contributed by atoms with van der Waals surface area (Å²) in [6, 6.07) is 15.2. The van der Waals surface area contributed by atoms with Gasteiger partial charge in [-0.05, 0) is 48.7 Å². The number of aliphatic imine (C=N–C) groups is 1. The topological polar surface area (TPSA) is 65.9 Å². The lowest BCUT2D eigenvalue weighted by molar-refractivity contribution is 0.414. The van der Waals surface area contributed by atoms with Crippen molar-refractivity contribution in [2.45, 2.75) is 19.9 Å². The van der Waals surface area contributed by atoms with Gasteiger partial charge in [0, 0.05) is 13.1 Å². The smallest absolute Gasteiger partial charge is 0.191 e. The van der Waals surface area contributed by atoms with Crippen molar-refractivity contribution in [2.75, 3.05) is 20.2 Å². The Morgan fingerprint density at radius 3 is 2.29 bits per heavy atom. The molecule has 0 heterocycles. The fourth-order valence-corrected chi connectivity index (χ4v) is 2.23. The monoisotopic (exact) mass is 327 g/mol. The molecule has 0 saturated heterocycles. The van der Waals surface area contributed by atoms with Gasteiger partial charge in [-0.25, -0.2) is 4.99 Å². The largest absolute Gasteiger partial charge is 0.508 e. The Hall–Kier alpha value is -2.69. The summed E-state index contributed by atoms with van der Waals surface area (Å²) in [5, 5.41) is 15.9. The highest BCUT2D eigenvalue weighted by atomic mass is 16.5. The van der Waals surface area contributed by atoms with Crippen LogP contribution in [0.15, 0.2) is 53.5 Å². The van der Waals surface area contributed by atoms with Gasteiger partial charge in [0.2, 0.25) is 0 Å². The van der Waals surface area contributed by atoms with E-state index in [-0.39, 0.29) is 5.75 Å². The number of methoxy groups -OCH3 is 1. The zero-order valence-corrected chi connectivity index (χ0v) is 14.2. The number of phenols is 1. The molecule has 0 amide bonds. The minimum atomic E-state index is 0.271. The molecule has 2 aromatic rings. The van der Waals surface area contributed by atoms with Crippen molar-refractivity contribution in [1.82, 2.24) is 10.6 Å². The highest BCUT2D eigenvalue weighted by Gasteiger charge is 1.99. The van der Waals surface area contributed by atoms with E-state index in [9.17, 15) is 5.11 Å². The molecule has 0 atom stereocenters. The first-order chi connectivity index (χ1) is 11.7. The number of phenolic OH excluding ortho intramolecular Hbond substituents is 1. The molecule has 2 aromatic carbocycles. The van der Waals surface area contributed by atoms with Gasteiger partial charge in [-0.1, -0.05) is 24.3 Å². The van der Waals surface area contributed by atoms with E-state index in [1.54, 1.807) is 19.2 Å².